The lowest BCUT2D eigenvalue weighted by atomic mass is 9.39. The molecular weight excluding hydrogens is 707 g/mol. The van der Waals surface area contributed by atoms with Gasteiger partial charge in [0, 0.05) is 40.5 Å². The molecule has 0 fully saturated rings. The van der Waals surface area contributed by atoms with Gasteiger partial charge in [-0.05, 0) is 82.8 Å². The third kappa shape index (κ3) is 5.59. The van der Waals surface area contributed by atoms with Crippen LogP contribution in [0.25, 0.3) is 38.8 Å². The van der Waals surface area contributed by atoms with Gasteiger partial charge in [-0.25, -0.2) is 4.98 Å². The predicted octanol–water partition coefficient (Wildman–Crippen LogP) is 11.0. The molecule has 0 saturated heterocycles. The van der Waals surface area contributed by atoms with E-state index in [1.165, 1.54) is 55.5 Å². The van der Waals surface area contributed by atoms with E-state index in [9.17, 15) is 0 Å². The number of ether oxygens (including phenoxy) is 1. The van der Waals surface area contributed by atoms with E-state index in [0.717, 1.165) is 39.4 Å². The maximum absolute atomic E-state index is 6.93. The van der Waals surface area contributed by atoms with Crippen LogP contribution in [0, 0.1) is 0 Å². The van der Waals surface area contributed by atoms with Gasteiger partial charge in [-0.15, -0.1) is 0 Å². The van der Waals surface area contributed by atoms with Crippen LogP contribution < -0.4 is 30.9 Å². The van der Waals surface area contributed by atoms with Crippen LogP contribution in [0.1, 0.15) is 26.3 Å². The van der Waals surface area contributed by atoms with Crippen molar-refractivity contribution in [3.63, 3.8) is 0 Å². The predicted molar refractivity (Wildman–Crippen MR) is 242 cm³/mol. The molecule has 0 unspecified atom stereocenters. The van der Waals surface area contributed by atoms with Crippen LogP contribution in [0.15, 0.2) is 182 Å². The fourth-order valence-electron chi connectivity index (χ4n) is 9.10. The van der Waals surface area contributed by atoms with E-state index in [0.29, 0.717) is 6.67 Å². The molecule has 0 atom stereocenters. The van der Waals surface area contributed by atoms with Gasteiger partial charge in [0.05, 0.1) is 22.4 Å². The minimum absolute atomic E-state index is 0.0979. The average molecular weight is 749 g/mol. The van der Waals surface area contributed by atoms with Crippen LogP contribution in [0.5, 0.6) is 11.5 Å². The second-order valence-electron chi connectivity index (χ2n) is 16.5. The van der Waals surface area contributed by atoms with E-state index in [2.05, 4.69) is 217 Å². The number of anilines is 4. The van der Waals surface area contributed by atoms with Crippen LogP contribution in [0.3, 0.4) is 0 Å². The standard InChI is InChI=1S/C52H41BN4O/c1-52(2,3)35-28-38(56-34-55(37-18-8-5-9-19-37)48-24-14-15-25-49(48)56)30-40(29-35)58-39-26-27-43-42-21-11-13-23-47(42)57(50(43)31-39)51-32-46-44(33-54-51)41-20-10-12-22-45(41)53(46)36-16-6-4-7-17-36/h4-33H,34H2,1-3H3. The molecule has 278 valence electrons. The van der Waals surface area contributed by atoms with Crippen molar-refractivity contribution < 1.29 is 4.74 Å². The number of nitrogens with zero attached hydrogens (tertiary/aromatic N) is 4. The maximum atomic E-state index is 6.93. The first-order valence-corrected chi connectivity index (χ1v) is 20.1. The first-order chi connectivity index (χ1) is 28.4. The van der Waals surface area contributed by atoms with Crippen LogP contribution in [0.4, 0.5) is 22.7 Å². The van der Waals surface area contributed by atoms with Crippen molar-refractivity contribution in [2.75, 3.05) is 16.5 Å². The Morgan fingerprint density at radius 1 is 0.534 bits per heavy atom. The molecule has 6 heteroatoms. The minimum atomic E-state index is -0.0979. The molecule has 11 rings (SSSR count). The number of hydrogen-bond donors (Lipinski definition) is 0. The summed E-state index contributed by atoms with van der Waals surface area (Å²) in [6, 6.07) is 63.0. The third-order valence-electron chi connectivity index (χ3n) is 11.9. The summed E-state index contributed by atoms with van der Waals surface area (Å²) in [7, 11) is 0. The summed E-state index contributed by atoms with van der Waals surface area (Å²) >= 11 is 0. The topological polar surface area (TPSA) is 33.5 Å². The highest BCUT2D eigenvalue weighted by Crippen LogP contribution is 2.46. The van der Waals surface area contributed by atoms with Crippen molar-refractivity contribution in [3.8, 4) is 28.4 Å². The quantitative estimate of drug-likeness (QED) is 0.159. The summed E-state index contributed by atoms with van der Waals surface area (Å²) < 4.78 is 9.23. The van der Waals surface area contributed by atoms with Crippen LogP contribution in [-0.2, 0) is 5.41 Å². The Hall–Kier alpha value is -7.05. The zero-order valence-electron chi connectivity index (χ0n) is 32.8. The number of pyridine rings is 1. The van der Waals surface area contributed by atoms with Gasteiger partial charge >= 0.3 is 0 Å². The maximum Gasteiger partial charge on any atom is 0.243 e. The van der Waals surface area contributed by atoms with Gasteiger partial charge in [0.25, 0.3) is 0 Å². The van der Waals surface area contributed by atoms with Crippen LogP contribution in [0.2, 0.25) is 0 Å². The fourth-order valence-corrected chi connectivity index (χ4v) is 9.10. The van der Waals surface area contributed by atoms with Gasteiger partial charge in [-0.2, -0.15) is 0 Å². The van der Waals surface area contributed by atoms with E-state index in [1.54, 1.807) is 0 Å². The van der Waals surface area contributed by atoms with E-state index in [4.69, 9.17) is 9.72 Å². The zero-order chi connectivity index (χ0) is 39.0. The molecule has 0 amide bonds. The first kappa shape index (κ1) is 34.2. The number of benzene rings is 7. The number of fused-ring (bicyclic) bond motifs is 7. The molecule has 0 spiro atoms. The van der Waals surface area contributed by atoms with Gasteiger partial charge in [0.1, 0.15) is 24.0 Å². The zero-order valence-corrected chi connectivity index (χ0v) is 32.8. The molecule has 2 aliphatic rings. The Bertz CT molecular complexity index is 3020. The van der Waals surface area contributed by atoms with E-state index < -0.39 is 0 Å². The van der Waals surface area contributed by atoms with E-state index >= 15 is 0 Å². The largest absolute Gasteiger partial charge is 0.457 e. The lowest BCUT2D eigenvalue weighted by Crippen LogP contribution is -2.48. The Morgan fingerprint density at radius 3 is 2.00 bits per heavy atom. The summed E-state index contributed by atoms with van der Waals surface area (Å²) in [5, 5.41) is 2.34. The molecular formula is C52H41BN4O. The lowest BCUT2D eigenvalue weighted by molar-refractivity contribution is 0.479. The number of para-hydroxylation sites is 4. The SMILES string of the molecule is CC(C)(C)c1cc(Oc2ccc3c4ccccc4n(-c4cc5c(cn4)-c4ccccc4B5c4ccccc4)c3c2)cc(N2CN(c3ccccc3)c3ccccc32)c1. The molecule has 0 saturated carbocycles. The lowest BCUT2D eigenvalue weighted by Gasteiger charge is -2.26. The summed E-state index contributed by atoms with van der Waals surface area (Å²) in [5.74, 6) is 2.47. The molecule has 5 nitrogen and oxygen atoms in total. The highest BCUT2D eigenvalue weighted by Gasteiger charge is 2.34. The molecule has 0 N–H and O–H groups in total. The fraction of sp³-hybridized carbons (Fsp3) is 0.0962. The molecule has 0 bridgehead atoms. The summed E-state index contributed by atoms with van der Waals surface area (Å²) in [4.78, 5) is 9.96. The van der Waals surface area contributed by atoms with E-state index in [-0.39, 0.29) is 12.1 Å². The smallest absolute Gasteiger partial charge is 0.243 e. The molecule has 7 aromatic carbocycles. The second kappa shape index (κ2) is 13.3. The molecule has 4 heterocycles. The molecule has 2 aliphatic heterocycles. The van der Waals surface area contributed by atoms with Gasteiger partial charge in [-0.1, -0.05) is 140 Å². The van der Waals surface area contributed by atoms with Gasteiger partial charge in [0.15, 0.2) is 0 Å². The number of rotatable bonds is 6. The van der Waals surface area contributed by atoms with Crippen molar-refractivity contribution in [3.05, 3.63) is 188 Å². The van der Waals surface area contributed by atoms with E-state index in [1.807, 2.05) is 0 Å². The van der Waals surface area contributed by atoms with Crippen molar-refractivity contribution in [2.24, 2.45) is 0 Å². The molecule has 9 aromatic rings. The van der Waals surface area contributed by atoms with Crippen LogP contribution in [-0.4, -0.2) is 22.9 Å². The monoisotopic (exact) mass is 748 g/mol. The Balaban J connectivity index is 1.02. The third-order valence-corrected chi connectivity index (χ3v) is 11.9. The summed E-state index contributed by atoms with van der Waals surface area (Å²) in [6.45, 7) is 7.62. The summed E-state index contributed by atoms with van der Waals surface area (Å²) in [5.41, 5.74) is 14.2. The minimum Gasteiger partial charge on any atom is -0.457 e. The van der Waals surface area contributed by atoms with Crippen molar-refractivity contribution in [1.29, 1.82) is 0 Å². The first-order valence-electron chi connectivity index (χ1n) is 20.1. The van der Waals surface area contributed by atoms with Crippen molar-refractivity contribution in [1.82, 2.24) is 9.55 Å². The van der Waals surface area contributed by atoms with Crippen LogP contribution >= 0.6 is 0 Å². The van der Waals surface area contributed by atoms with Gasteiger partial charge in [0.2, 0.25) is 6.71 Å². The normalized spacial score (nSPS) is 13.3. The number of hydrogen-bond acceptors (Lipinski definition) is 4. The van der Waals surface area contributed by atoms with Gasteiger partial charge in [-0.3, -0.25) is 4.57 Å². The second-order valence-corrected chi connectivity index (χ2v) is 16.5. The highest BCUT2D eigenvalue weighted by molar-refractivity contribution is 6.99. The molecule has 58 heavy (non-hydrogen) atoms. The molecule has 2 aromatic heterocycles. The average Bonchev–Trinajstić information content (AvgIpc) is 3.91. The molecule has 0 radical (unpaired) electrons. The van der Waals surface area contributed by atoms with Gasteiger partial charge < -0.3 is 14.5 Å². The Kier molecular flexibility index (Phi) is 7.83. The Labute approximate surface area is 339 Å². The van der Waals surface area contributed by atoms with Crippen molar-refractivity contribution >= 4 is 67.7 Å². The highest BCUT2D eigenvalue weighted by atomic mass is 16.5. The Morgan fingerprint density at radius 2 is 1.21 bits per heavy atom. The molecule has 0 aliphatic carbocycles. The number of aromatic nitrogens is 2. The summed E-state index contributed by atoms with van der Waals surface area (Å²) in [6.07, 6.45) is 2.07. The van der Waals surface area contributed by atoms with Crippen molar-refractivity contribution in [2.45, 2.75) is 26.2 Å².